The van der Waals surface area contributed by atoms with Gasteiger partial charge in [-0.15, -0.1) is 0 Å². The first-order valence-electron chi connectivity index (χ1n) is 9.62. The van der Waals surface area contributed by atoms with Crippen LogP contribution in [-0.4, -0.2) is 26.3 Å². The summed E-state index contributed by atoms with van der Waals surface area (Å²) < 4.78 is 50.1. The number of halogens is 3. The van der Waals surface area contributed by atoms with Crippen LogP contribution in [-0.2, 0) is 12.7 Å². The molecule has 0 atom stereocenters. The Balaban J connectivity index is 1.44. The number of hydrogen-bond donors (Lipinski definition) is 2. The Morgan fingerprint density at radius 1 is 1.09 bits per heavy atom. The van der Waals surface area contributed by atoms with Gasteiger partial charge in [0.05, 0.1) is 11.3 Å². The summed E-state index contributed by atoms with van der Waals surface area (Å²) in [6.45, 7) is 0.0554. The zero-order valence-electron chi connectivity index (χ0n) is 16.6. The lowest BCUT2D eigenvalue weighted by atomic mass is 10.1. The van der Waals surface area contributed by atoms with E-state index in [1.54, 1.807) is 12.1 Å². The van der Waals surface area contributed by atoms with Gasteiger partial charge in [-0.3, -0.25) is 9.78 Å². The van der Waals surface area contributed by atoms with Crippen molar-refractivity contribution in [1.29, 1.82) is 0 Å². The van der Waals surface area contributed by atoms with Crippen LogP contribution in [0.2, 0.25) is 0 Å². The molecule has 12 heteroatoms. The highest BCUT2D eigenvalue weighted by atomic mass is 19.4. The summed E-state index contributed by atoms with van der Waals surface area (Å²) in [5.41, 5.74) is -1.51. The zero-order chi connectivity index (χ0) is 23.2. The van der Waals surface area contributed by atoms with Crippen molar-refractivity contribution in [2.45, 2.75) is 12.7 Å². The molecule has 0 spiro atoms. The number of hydrogen-bond acceptors (Lipinski definition) is 7. The minimum absolute atomic E-state index is 0.00786. The minimum atomic E-state index is -4.45. The fourth-order valence-corrected chi connectivity index (χ4v) is 3.39. The van der Waals surface area contributed by atoms with Gasteiger partial charge in [0.15, 0.2) is 17.1 Å². The number of aromatic nitrogens is 4. The summed E-state index contributed by atoms with van der Waals surface area (Å²) >= 11 is 0. The molecule has 1 aliphatic rings. The van der Waals surface area contributed by atoms with E-state index in [0.717, 1.165) is 16.7 Å². The molecule has 0 amide bonds. The highest BCUT2D eigenvalue weighted by Gasteiger charge is 2.30. The van der Waals surface area contributed by atoms with E-state index < -0.39 is 23.0 Å². The summed E-state index contributed by atoms with van der Waals surface area (Å²) in [6, 6.07) is 9.46. The first kappa shape index (κ1) is 20.5. The van der Waals surface area contributed by atoms with Crippen molar-refractivity contribution < 1.29 is 22.6 Å². The lowest BCUT2D eigenvalue weighted by molar-refractivity contribution is -0.137. The largest absolute Gasteiger partial charge is 0.454 e. The summed E-state index contributed by atoms with van der Waals surface area (Å²) in [5, 5.41) is 2.85. The molecule has 2 aromatic heterocycles. The lowest BCUT2D eigenvalue weighted by Crippen LogP contribution is -2.34. The van der Waals surface area contributed by atoms with Gasteiger partial charge >= 0.3 is 11.9 Å². The Morgan fingerprint density at radius 3 is 2.73 bits per heavy atom. The van der Waals surface area contributed by atoms with Crippen molar-refractivity contribution >= 4 is 17.0 Å². The molecule has 5 rings (SSSR count). The van der Waals surface area contributed by atoms with Crippen LogP contribution in [0.5, 0.6) is 11.5 Å². The number of fused-ring (bicyclic) bond motifs is 2. The fraction of sp³-hybridized carbons (Fsp3) is 0.143. The molecule has 0 aliphatic carbocycles. The van der Waals surface area contributed by atoms with Gasteiger partial charge in [-0.2, -0.15) is 18.2 Å². The second-order valence-electron chi connectivity index (χ2n) is 7.12. The van der Waals surface area contributed by atoms with Crippen molar-refractivity contribution in [3.63, 3.8) is 0 Å². The van der Waals surface area contributed by atoms with Crippen LogP contribution in [0.15, 0.2) is 58.3 Å². The molecule has 168 valence electrons. The lowest BCUT2D eigenvalue weighted by Gasteiger charge is -2.10. The summed E-state index contributed by atoms with van der Waals surface area (Å²) in [4.78, 5) is 36.3. The number of anilines is 1. The standard InChI is InChI=1S/C21H14F3N5O4/c22-21(23,24)12-3-1-2-11(6-12)8-25-19-26-9-14-17(27-19)28-20(31)29(18(14)30)13-4-5-15-16(7-13)33-10-32-15/h1-7,9H,8,10H2,(H2,25,26,27,28,31). The highest BCUT2D eigenvalue weighted by molar-refractivity contribution is 5.73. The zero-order valence-corrected chi connectivity index (χ0v) is 16.6. The van der Waals surface area contributed by atoms with Crippen molar-refractivity contribution in [3.8, 4) is 17.2 Å². The number of aromatic amines is 1. The number of ether oxygens (including phenoxy) is 2. The number of rotatable bonds is 4. The van der Waals surface area contributed by atoms with E-state index in [1.165, 1.54) is 24.4 Å². The van der Waals surface area contributed by atoms with Gasteiger partial charge in [0.1, 0.15) is 5.39 Å². The Hall–Kier alpha value is -4.35. The Labute approximate surface area is 182 Å². The van der Waals surface area contributed by atoms with Crippen LogP contribution in [0.3, 0.4) is 0 Å². The van der Waals surface area contributed by atoms with Crippen molar-refractivity contribution in [3.05, 3.63) is 80.6 Å². The maximum Gasteiger partial charge on any atom is 0.416 e. The third-order valence-electron chi connectivity index (χ3n) is 4.97. The van der Waals surface area contributed by atoms with E-state index in [4.69, 9.17) is 9.47 Å². The van der Waals surface area contributed by atoms with E-state index in [2.05, 4.69) is 20.3 Å². The number of nitrogens with one attached hydrogen (secondary N) is 2. The maximum atomic E-state index is 12.9. The third-order valence-corrected chi connectivity index (χ3v) is 4.97. The summed E-state index contributed by atoms with van der Waals surface area (Å²) in [7, 11) is 0. The van der Waals surface area contributed by atoms with Gasteiger partial charge in [-0.1, -0.05) is 12.1 Å². The number of nitrogens with zero attached hydrogens (tertiary/aromatic N) is 3. The van der Waals surface area contributed by atoms with Crippen molar-refractivity contribution in [2.24, 2.45) is 0 Å². The molecule has 4 aromatic rings. The second kappa shape index (κ2) is 7.65. The molecule has 0 radical (unpaired) electrons. The van der Waals surface area contributed by atoms with Crippen LogP contribution in [0, 0.1) is 0 Å². The monoisotopic (exact) mass is 457 g/mol. The highest BCUT2D eigenvalue weighted by Crippen LogP contribution is 2.33. The van der Waals surface area contributed by atoms with Crippen LogP contribution in [0.1, 0.15) is 11.1 Å². The predicted molar refractivity (Wildman–Crippen MR) is 111 cm³/mol. The first-order valence-corrected chi connectivity index (χ1v) is 9.62. The minimum Gasteiger partial charge on any atom is -0.454 e. The maximum absolute atomic E-state index is 12.9. The average Bonchev–Trinajstić information content (AvgIpc) is 3.25. The molecule has 1 aliphatic heterocycles. The van der Waals surface area contributed by atoms with Crippen LogP contribution >= 0.6 is 0 Å². The second-order valence-corrected chi connectivity index (χ2v) is 7.12. The van der Waals surface area contributed by atoms with E-state index in [-0.39, 0.29) is 36.0 Å². The van der Waals surface area contributed by atoms with E-state index in [9.17, 15) is 22.8 Å². The fourth-order valence-electron chi connectivity index (χ4n) is 3.39. The summed E-state index contributed by atoms with van der Waals surface area (Å²) in [5.74, 6) is 0.948. The molecule has 3 heterocycles. The van der Waals surface area contributed by atoms with Gasteiger partial charge < -0.3 is 14.8 Å². The SMILES string of the molecule is O=c1[nH]c2nc(NCc3cccc(C(F)(F)F)c3)ncc2c(=O)n1-c1ccc2c(c1)OCO2. The quantitative estimate of drug-likeness (QED) is 0.485. The van der Waals surface area contributed by atoms with Crippen LogP contribution in [0.25, 0.3) is 16.7 Å². The Kier molecular flexibility index (Phi) is 4.77. The van der Waals surface area contributed by atoms with Crippen molar-refractivity contribution in [1.82, 2.24) is 19.5 Å². The van der Waals surface area contributed by atoms with Gasteiger partial charge in [-0.05, 0) is 29.8 Å². The molecule has 0 saturated carbocycles. The molecular weight excluding hydrogens is 443 g/mol. The van der Waals surface area contributed by atoms with Gasteiger partial charge in [0.25, 0.3) is 5.56 Å². The molecule has 0 unspecified atom stereocenters. The van der Waals surface area contributed by atoms with Crippen molar-refractivity contribution in [2.75, 3.05) is 12.1 Å². The smallest absolute Gasteiger partial charge is 0.416 e. The van der Waals surface area contributed by atoms with Crippen LogP contribution in [0.4, 0.5) is 19.1 Å². The van der Waals surface area contributed by atoms with Gasteiger partial charge in [0.2, 0.25) is 12.7 Å². The molecule has 0 fully saturated rings. The predicted octanol–water partition coefficient (Wildman–Crippen LogP) is 2.83. The van der Waals surface area contributed by atoms with Crippen LogP contribution < -0.4 is 26.0 Å². The normalized spacial score (nSPS) is 12.8. The van der Waals surface area contributed by atoms with Gasteiger partial charge in [-0.25, -0.2) is 14.3 Å². The Bertz CT molecular complexity index is 1500. The average molecular weight is 457 g/mol. The molecule has 9 nitrogen and oxygen atoms in total. The van der Waals surface area contributed by atoms with E-state index in [0.29, 0.717) is 17.1 Å². The summed E-state index contributed by atoms with van der Waals surface area (Å²) in [6.07, 6.45) is -3.22. The molecule has 2 aromatic carbocycles. The molecule has 2 N–H and O–H groups in total. The molecule has 0 saturated heterocycles. The van der Waals surface area contributed by atoms with E-state index in [1.807, 2.05) is 0 Å². The number of H-pyrrole nitrogens is 1. The first-order chi connectivity index (χ1) is 15.8. The molecular formula is C21H14F3N5O4. The van der Waals surface area contributed by atoms with E-state index >= 15 is 0 Å². The Morgan fingerprint density at radius 2 is 1.91 bits per heavy atom. The topological polar surface area (TPSA) is 111 Å². The third kappa shape index (κ3) is 3.86. The molecule has 0 bridgehead atoms. The number of benzene rings is 2. The number of alkyl halides is 3. The van der Waals surface area contributed by atoms with Gasteiger partial charge in [0, 0.05) is 18.8 Å². The molecule has 33 heavy (non-hydrogen) atoms.